The van der Waals surface area contributed by atoms with Gasteiger partial charge in [0, 0.05) is 25.3 Å². The zero-order chi connectivity index (χ0) is 18.4. The third-order valence-electron chi connectivity index (χ3n) is 3.64. The van der Waals surface area contributed by atoms with Gasteiger partial charge in [-0.1, -0.05) is 30.3 Å². The number of nitrogens with two attached hydrogens (primary N) is 1. The van der Waals surface area contributed by atoms with Gasteiger partial charge < -0.3 is 15.5 Å². The molecule has 0 atom stereocenters. The number of carboxylic acid groups (broad SMARTS) is 1. The molecule has 2 aromatic rings. The Morgan fingerprint density at radius 2 is 1.84 bits per heavy atom. The molecule has 2 aromatic carbocycles. The summed E-state index contributed by atoms with van der Waals surface area (Å²) in [5.41, 5.74) is 1.46. The van der Waals surface area contributed by atoms with E-state index >= 15 is 0 Å². The number of rotatable bonds is 8. The maximum atomic E-state index is 12.0. The van der Waals surface area contributed by atoms with E-state index in [-0.39, 0.29) is 23.5 Å². The van der Waals surface area contributed by atoms with E-state index in [4.69, 9.17) is 10.2 Å². The summed E-state index contributed by atoms with van der Waals surface area (Å²) in [6, 6.07) is 11.6. The van der Waals surface area contributed by atoms with Gasteiger partial charge in [0.1, 0.15) is 0 Å². The van der Waals surface area contributed by atoms with E-state index in [2.05, 4.69) is 5.32 Å². The Labute approximate surface area is 146 Å². The van der Waals surface area contributed by atoms with Crippen molar-refractivity contribution in [2.24, 2.45) is 5.14 Å². The van der Waals surface area contributed by atoms with Crippen LogP contribution >= 0.6 is 0 Å². The van der Waals surface area contributed by atoms with Crippen LogP contribution in [0.1, 0.15) is 27.9 Å². The van der Waals surface area contributed by atoms with E-state index < -0.39 is 16.0 Å². The summed E-state index contributed by atoms with van der Waals surface area (Å²) in [4.78, 5) is 11.1. The number of aliphatic hydroxyl groups excluding tert-OH is 1. The highest BCUT2D eigenvalue weighted by Crippen LogP contribution is 2.28. The summed E-state index contributed by atoms with van der Waals surface area (Å²) in [6.07, 6.45) is 0.709. The monoisotopic (exact) mass is 364 g/mol. The minimum atomic E-state index is -4.12. The van der Waals surface area contributed by atoms with Gasteiger partial charge in [-0.3, -0.25) is 0 Å². The number of benzene rings is 2. The van der Waals surface area contributed by atoms with Crippen LogP contribution in [0, 0.1) is 0 Å². The molecule has 0 aliphatic carbocycles. The molecule has 0 amide bonds. The molecule has 7 nitrogen and oxygen atoms in total. The van der Waals surface area contributed by atoms with Gasteiger partial charge in [0.25, 0.3) is 0 Å². The average Bonchev–Trinajstić information content (AvgIpc) is 2.56. The summed E-state index contributed by atoms with van der Waals surface area (Å²) in [5.74, 6) is -1.25. The smallest absolute Gasteiger partial charge is 0.335 e. The largest absolute Gasteiger partial charge is 0.478 e. The molecule has 134 valence electrons. The number of sulfonamides is 1. The van der Waals surface area contributed by atoms with Crippen LogP contribution in [0.2, 0.25) is 0 Å². The Hall–Kier alpha value is -2.42. The molecule has 0 aliphatic rings. The maximum absolute atomic E-state index is 12.0. The quantitative estimate of drug-likeness (QED) is 0.524. The number of hydrogen-bond donors (Lipinski definition) is 4. The normalized spacial score (nSPS) is 11.3. The second-order valence-corrected chi connectivity index (χ2v) is 7.05. The van der Waals surface area contributed by atoms with E-state index in [1.807, 2.05) is 30.3 Å². The highest BCUT2D eigenvalue weighted by molar-refractivity contribution is 7.89. The molecule has 0 aromatic heterocycles. The van der Waals surface area contributed by atoms with E-state index in [9.17, 15) is 18.3 Å². The standard InChI is InChI=1S/C17H20N2O5S/c18-25(23,24)16-11-13(17(21)22)10-15(19-7-4-8-20)14(16)9-12-5-2-1-3-6-12/h1-3,5-6,10-11,19-20H,4,7-9H2,(H,21,22)(H2,18,23,24). The minimum absolute atomic E-state index is 0.0400. The van der Waals surface area contributed by atoms with Crippen molar-refractivity contribution in [3.63, 3.8) is 0 Å². The van der Waals surface area contributed by atoms with Gasteiger partial charge in [-0.15, -0.1) is 0 Å². The fourth-order valence-corrected chi connectivity index (χ4v) is 3.28. The van der Waals surface area contributed by atoms with Crippen molar-refractivity contribution in [3.8, 4) is 0 Å². The lowest BCUT2D eigenvalue weighted by Crippen LogP contribution is -2.18. The molecule has 0 aliphatic heterocycles. The molecule has 8 heteroatoms. The van der Waals surface area contributed by atoms with Gasteiger partial charge in [-0.2, -0.15) is 0 Å². The van der Waals surface area contributed by atoms with Crippen LogP contribution < -0.4 is 10.5 Å². The topological polar surface area (TPSA) is 130 Å². The van der Waals surface area contributed by atoms with Crippen molar-refractivity contribution in [2.75, 3.05) is 18.5 Å². The van der Waals surface area contributed by atoms with Gasteiger partial charge in [0.2, 0.25) is 10.0 Å². The Morgan fingerprint density at radius 3 is 2.40 bits per heavy atom. The number of carbonyl (C=O) groups is 1. The van der Waals surface area contributed by atoms with Crippen LogP contribution in [-0.4, -0.2) is 37.8 Å². The molecule has 0 saturated carbocycles. The molecule has 0 spiro atoms. The molecule has 0 heterocycles. The second kappa shape index (κ2) is 8.11. The lowest BCUT2D eigenvalue weighted by atomic mass is 10.0. The Balaban J connectivity index is 2.59. The van der Waals surface area contributed by atoms with Crippen LogP contribution in [0.4, 0.5) is 5.69 Å². The van der Waals surface area contributed by atoms with Crippen molar-refractivity contribution in [1.82, 2.24) is 0 Å². The lowest BCUT2D eigenvalue weighted by molar-refractivity contribution is 0.0696. The zero-order valence-electron chi connectivity index (χ0n) is 13.5. The van der Waals surface area contributed by atoms with Gasteiger partial charge >= 0.3 is 5.97 Å². The van der Waals surface area contributed by atoms with Crippen molar-refractivity contribution in [2.45, 2.75) is 17.7 Å². The minimum Gasteiger partial charge on any atom is -0.478 e. The first-order chi connectivity index (χ1) is 11.8. The number of aromatic carboxylic acids is 1. The number of nitrogens with one attached hydrogen (secondary N) is 1. The number of anilines is 1. The van der Waals surface area contributed by atoms with Crippen molar-refractivity contribution < 1.29 is 23.4 Å². The molecule has 0 unspecified atom stereocenters. The summed E-state index contributed by atoms with van der Waals surface area (Å²) in [7, 11) is -4.12. The van der Waals surface area contributed by atoms with E-state index in [0.29, 0.717) is 24.2 Å². The predicted octanol–water partition coefficient (Wildman–Crippen LogP) is 1.42. The fourth-order valence-electron chi connectivity index (χ4n) is 2.46. The van der Waals surface area contributed by atoms with Gasteiger partial charge in [0.15, 0.2) is 0 Å². The summed E-state index contributed by atoms with van der Waals surface area (Å²) in [5, 5.41) is 26.5. The number of aliphatic hydroxyl groups is 1. The number of carboxylic acids is 1. The molecule has 0 fully saturated rings. The SMILES string of the molecule is NS(=O)(=O)c1cc(C(=O)O)cc(NCCCO)c1Cc1ccccc1. The van der Waals surface area contributed by atoms with Gasteiger partial charge in [-0.25, -0.2) is 18.4 Å². The van der Waals surface area contributed by atoms with Crippen molar-refractivity contribution >= 4 is 21.7 Å². The van der Waals surface area contributed by atoms with Crippen LogP contribution in [-0.2, 0) is 16.4 Å². The van der Waals surface area contributed by atoms with Crippen LogP contribution in [0.5, 0.6) is 0 Å². The van der Waals surface area contributed by atoms with E-state index in [1.165, 1.54) is 6.07 Å². The van der Waals surface area contributed by atoms with Gasteiger partial charge in [-0.05, 0) is 29.7 Å². The molecular weight excluding hydrogens is 344 g/mol. The number of primary sulfonamides is 1. The molecule has 2 rings (SSSR count). The summed E-state index contributed by atoms with van der Waals surface area (Å²) >= 11 is 0. The highest BCUT2D eigenvalue weighted by atomic mass is 32.2. The second-order valence-electron chi connectivity index (χ2n) is 5.52. The first-order valence-electron chi connectivity index (χ1n) is 7.64. The average molecular weight is 364 g/mol. The third-order valence-corrected chi connectivity index (χ3v) is 4.61. The molecule has 5 N–H and O–H groups in total. The van der Waals surface area contributed by atoms with Crippen LogP contribution in [0.3, 0.4) is 0 Å². The molecule has 0 bridgehead atoms. The zero-order valence-corrected chi connectivity index (χ0v) is 14.3. The summed E-state index contributed by atoms with van der Waals surface area (Å²) in [6.45, 7) is 0.326. The first-order valence-corrected chi connectivity index (χ1v) is 9.19. The summed E-state index contributed by atoms with van der Waals surface area (Å²) < 4.78 is 24.0. The molecule has 0 radical (unpaired) electrons. The highest BCUT2D eigenvalue weighted by Gasteiger charge is 2.21. The molecule has 0 saturated heterocycles. The van der Waals surface area contributed by atoms with Crippen LogP contribution in [0.25, 0.3) is 0 Å². The third kappa shape index (κ3) is 5.02. The van der Waals surface area contributed by atoms with E-state index in [1.54, 1.807) is 0 Å². The van der Waals surface area contributed by atoms with Crippen molar-refractivity contribution in [1.29, 1.82) is 0 Å². The van der Waals surface area contributed by atoms with Crippen LogP contribution in [0.15, 0.2) is 47.4 Å². The molecular formula is C17H20N2O5S. The van der Waals surface area contributed by atoms with Crippen molar-refractivity contribution in [3.05, 3.63) is 59.2 Å². The Bertz CT molecular complexity index is 851. The van der Waals surface area contributed by atoms with E-state index in [0.717, 1.165) is 11.6 Å². The Kier molecular flexibility index (Phi) is 6.13. The predicted molar refractivity (Wildman–Crippen MR) is 94.2 cm³/mol. The lowest BCUT2D eigenvalue weighted by Gasteiger charge is -2.17. The number of hydrogen-bond acceptors (Lipinski definition) is 5. The molecule has 25 heavy (non-hydrogen) atoms. The van der Waals surface area contributed by atoms with Gasteiger partial charge in [0.05, 0.1) is 10.5 Å². The first kappa shape index (κ1) is 18.9. The maximum Gasteiger partial charge on any atom is 0.335 e. The Morgan fingerprint density at radius 1 is 1.16 bits per heavy atom. The fraction of sp³-hybridized carbons (Fsp3) is 0.235.